The fourth-order valence-electron chi connectivity index (χ4n) is 9.97. The van der Waals surface area contributed by atoms with Crippen LogP contribution in [0.2, 0.25) is 0 Å². The number of benzene rings is 10. The number of thiazole rings is 1. The van der Waals surface area contributed by atoms with E-state index >= 15 is 0 Å². The van der Waals surface area contributed by atoms with E-state index in [9.17, 15) is 0 Å². The molecule has 0 amide bonds. The van der Waals surface area contributed by atoms with Crippen molar-refractivity contribution >= 4 is 38.6 Å². The Morgan fingerprint density at radius 1 is 0.323 bits per heavy atom. The van der Waals surface area contributed by atoms with Gasteiger partial charge in [-0.25, -0.2) is 4.98 Å². The maximum Gasteiger partial charge on any atom is 0.124 e. The van der Waals surface area contributed by atoms with Crippen LogP contribution in [0.1, 0.15) is 22.3 Å². The molecule has 0 unspecified atom stereocenters. The van der Waals surface area contributed by atoms with Gasteiger partial charge in [0, 0.05) is 22.6 Å². The van der Waals surface area contributed by atoms with Crippen LogP contribution in [0, 0.1) is 0 Å². The minimum atomic E-state index is -0.538. The maximum atomic E-state index is 5.20. The summed E-state index contributed by atoms with van der Waals surface area (Å²) < 4.78 is 1.13. The highest BCUT2D eigenvalue weighted by atomic mass is 32.1. The van der Waals surface area contributed by atoms with E-state index in [0.717, 1.165) is 49.0 Å². The van der Waals surface area contributed by atoms with Gasteiger partial charge in [0.25, 0.3) is 0 Å². The van der Waals surface area contributed by atoms with Crippen LogP contribution in [0.25, 0.3) is 65.3 Å². The second kappa shape index (κ2) is 16.2. The van der Waals surface area contributed by atoms with Crippen molar-refractivity contribution in [3.05, 3.63) is 277 Å². The van der Waals surface area contributed by atoms with Gasteiger partial charge in [-0.3, -0.25) is 0 Å². The molecule has 3 heteroatoms. The Bertz CT molecular complexity index is 3360. The summed E-state index contributed by atoms with van der Waals surface area (Å²) in [7, 11) is 0. The summed E-state index contributed by atoms with van der Waals surface area (Å²) in [5, 5.41) is 1.01. The van der Waals surface area contributed by atoms with Crippen LogP contribution in [-0.2, 0) is 5.41 Å². The third kappa shape index (κ3) is 6.77. The molecule has 0 N–H and O–H groups in total. The smallest absolute Gasteiger partial charge is 0.124 e. The number of rotatable bonds is 9. The van der Waals surface area contributed by atoms with Gasteiger partial charge >= 0.3 is 0 Å². The molecule has 1 aliphatic rings. The van der Waals surface area contributed by atoms with E-state index in [1.54, 1.807) is 11.3 Å². The van der Waals surface area contributed by atoms with Gasteiger partial charge in [-0.05, 0) is 115 Å². The fourth-order valence-corrected chi connectivity index (χ4v) is 11.0. The largest absolute Gasteiger partial charge is 0.310 e. The SMILES string of the molecule is c1ccc(-c2ccc(-c3nc4ccc(N(c5cc(-c6ccccc6)cc(-c6ccccc6)c5)c5ccc6c(c5)C(c5ccccc5)(c5ccccc5)c5ccccc5-6)cc4s3)cc2)cc1. The summed E-state index contributed by atoms with van der Waals surface area (Å²) in [5.74, 6) is 0. The summed E-state index contributed by atoms with van der Waals surface area (Å²) >= 11 is 1.74. The summed E-state index contributed by atoms with van der Waals surface area (Å²) in [6, 6.07) is 92.8. The van der Waals surface area contributed by atoms with Gasteiger partial charge in [-0.2, -0.15) is 0 Å². The first-order chi connectivity index (χ1) is 32.2. The van der Waals surface area contributed by atoms with Gasteiger partial charge in [0.1, 0.15) is 5.01 Å². The Morgan fingerprint density at radius 3 is 1.38 bits per heavy atom. The van der Waals surface area contributed by atoms with Gasteiger partial charge in [0.05, 0.1) is 15.6 Å². The molecule has 11 aromatic rings. The molecule has 1 aromatic heterocycles. The molecule has 12 rings (SSSR count). The Labute approximate surface area is 384 Å². The summed E-state index contributed by atoms with van der Waals surface area (Å²) in [4.78, 5) is 7.65. The van der Waals surface area contributed by atoms with Crippen LogP contribution in [-0.4, -0.2) is 4.98 Å². The average molecular weight is 847 g/mol. The predicted octanol–water partition coefficient (Wildman–Crippen LogP) is 16.8. The number of anilines is 3. The molecule has 0 saturated heterocycles. The Kier molecular flexibility index (Phi) is 9.62. The fraction of sp³-hybridized carbons (Fsp3) is 0.0161. The molecule has 0 fully saturated rings. The van der Waals surface area contributed by atoms with E-state index in [2.05, 4.69) is 260 Å². The van der Waals surface area contributed by atoms with E-state index in [0.29, 0.717) is 0 Å². The average Bonchev–Trinajstić information content (AvgIpc) is 3.95. The number of hydrogen-bond acceptors (Lipinski definition) is 3. The van der Waals surface area contributed by atoms with Crippen molar-refractivity contribution in [3.8, 4) is 55.1 Å². The van der Waals surface area contributed by atoms with Crippen LogP contribution in [0.3, 0.4) is 0 Å². The van der Waals surface area contributed by atoms with Crippen LogP contribution in [0.5, 0.6) is 0 Å². The van der Waals surface area contributed by atoms with Crippen molar-refractivity contribution in [1.82, 2.24) is 4.98 Å². The first-order valence-corrected chi connectivity index (χ1v) is 23.0. The predicted molar refractivity (Wildman–Crippen MR) is 273 cm³/mol. The Hall–Kier alpha value is -8.11. The molecular weight excluding hydrogens is 805 g/mol. The van der Waals surface area contributed by atoms with Gasteiger partial charge in [0.2, 0.25) is 0 Å². The van der Waals surface area contributed by atoms with Crippen LogP contribution in [0.4, 0.5) is 17.1 Å². The zero-order valence-corrected chi connectivity index (χ0v) is 36.4. The third-order valence-corrected chi connectivity index (χ3v) is 14.0. The molecule has 1 heterocycles. The van der Waals surface area contributed by atoms with Crippen molar-refractivity contribution in [1.29, 1.82) is 0 Å². The number of hydrogen-bond donors (Lipinski definition) is 0. The molecule has 0 spiro atoms. The highest BCUT2D eigenvalue weighted by Gasteiger charge is 2.46. The highest BCUT2D eigenvalue weighted by molar-refractivity contribution is 7.21. The van der Waals surface area contributed by atoms with Crippen molar-refractivity contribution < 1.29 is 0 Å². The summed E-state index contributed by atoms with van der Waals surface area (Å²) in [5.41, 5.74) is 19.4. The van der Waals surface area contributed by atoms with Crippen molar-refractivity contribution in [2.75, 3.05) is 4.90 Å². The first-order valence-electron chi connectivity index (χ1n) is 22.2. The monoisotopic (exact) mass is 846 g/mol. The van der Waals surface area contributed by atoms with Gasteiger partial charge in [0.15, 0.2) is 0 Å². The minimum Gasteiger partial charge on any atom is -0.310 e. The van der Waals surface area contributed by atoms with E-state index in [1.165, 1.54) is 55.6 Å². The highest BCUT2D eigenvalue weighted by Crippen LogP contribution is 2.57. The van der Waals surface area contributed by atoms with Crippen LogP contribution in [0.15, 0.2) is 255 Å². The molecule has 1 aliphatic carbocycles. The number of fused-ring (bicyclic) bond motifs is 4. The number of nitrogens with zero attached hydrogens (tertiary/aromatic N) is 2. The molecule has 0 atom stereocenters. The molecule has 306 valence electrons. The minimum absolute atomic E-state index is 0.538. The molecule has 0 saturated carbocycles. The molecular formula is C62H42N2S. The lowest BCUT2D eigenvalue weighted by atomic mass is 9.67. The summed E-state index contributed by atoms with van der Waals surface area (Å²) in [6.45, 7) is 0. The van der Waals surface area contributed by atoms with E-state index in [1.807, 2.05) is 0 Å². The Morgan fingerprint density at radius 2 is 0.785 bits per heavy atom. The topological polar surface area (TPSA) is 16.1 Å². The molecule has 10 aromatic carbocycles. The van der Waals surface area contributed by atoms with E-state index < -0.39 is 5.41 Å². The van der Waals surface area contributed by atoms with Crippen molar-refractivity contribution in [3.63, 3.8) is 0 Å². The van der Waals surface area contributed by atoms with Crippen LogP contribution >= 0.6 is 11.3 Å². The molecule has 65 heavy (non-hydrogen) atoms. The Balaban J connectivity index is 1.08. The van der Waals surface area contributed by atoms with Gasteiger partial charge in [-0.1, -0.05) is 206 Å². The van der Waals surface area contributed by atoms with E-state index in [-0.39, 0.29) is 0 Å². The lowest BCUT2D eigenvalue weighted by Crippen LogP contribution is -2.28. The lowest BCUT2D eigenvalue weighted by Gasteiger charge is -2.35. The maximum absolute atomic E-state index is 5.20. The van der Waals surface area contributed by atoms with Gasteiger partial charge in [-0.15, -0.1) is 11.3 Å². The van der Waals surface area contributed by atoms with Crippen LogP contribution < -0.4 is 4.90 Å². The second-order valence-electron chi connectivity index (χ2n) is 16.7. The van der Waals surface area contributed by atoms with Gasteiger partial charge < -0.3 is 4.90 Å². The standard InChI is InChI=1S/C62H42N2S/c1-6-18-43(19-7-1)46-30-32-47(33-31-46)61-63-59-37-35-53(42-60(59)65-61)64(54-39-48(44-20-8-2-9-21-44)38-49(40-54)45-22-10-3-11-23-45)52-34-36-56-55-28-16-17-29-57(55)62(58(56)41-52,50-24-12-4-13-25-50)51-26-14-5-15-27-51/h1-42H. The van der Waals surface area contributed by atoms with Crippen molar-refractivity contribution in [2.45, 2.75) is 5.41 Å². The molecule has 0 radical (unpaired) electrons. The molecule has 0 bridgehead atoms. The third-order valence-electron chi connectivity index (χ3n) is 13.0. The first kappa shape index (κ1) is 38.6. The summed E-state index contributed by atoms with van der Waals surface area (Å²) in [6.07, 6.45) is 0. The van der Waals surface area contributed by atoms with E-state index in [4.69, 9.17) is 4.98 Å². The van der Waals surface area contributed by atoms with Crippen molar-refractivity contribution in [2.24, 2.45) is 0 Å². The quantitative estimate of drug-likeness (QED) is 0.144. The normalized spacial score (nSPS) is 12.4. The zero-order valence-electron chi connectivity index (χ0n) is 35.6. The molecule has 2 nitrogen and oxygen atoms in total. The zero-order chi connectivity index (χ0) is 43.2. The second-order valence-corrected chi connectivity index (χ2v) is 17.7. The molecule has 0 aliphatic heterocycles. The lowest BCUT2D eigenvalue weighted by molar-refractivity contribution is 0.768. The number of aromatic nitrogens is 1.